The number of para-hydroxylation sites is 1. The first-order chi connectivity index (χ1) is 15.6. The van der Waals surface area contributed by atoms with Gasteiger partial charge in [0.2, 0.25) is 6.23 Å². The zero-order chi connectivity index (χ0) is 22.2. The van der Waals surface area contributed by atoms with E-state index in [4.69, 9.17) is 19.3 Å². The van der Waals surface area contributed by atoms with Crippen molar-refractivity contribution in [2.75, 3.05) is 14.2 Å². The van der Waals surface area contributed by atoms with Gasteiger partial charge in [0.1, 0.15) is 5.75 Å². The van der Waals surface area contributed by atoms with Gasteiger partial charge in [-0.15, -0.1) is 0 Å². The lowest BCUT2D eigenvalue weighted by Gasteiger charge is -2.38. The van der Waals surface area contributed by atoms with Crippen LogP contribution in [0.5, 0.6) is 17.2 Å². The van der Waals surface area contributed by atoms with Crippen LogP contribution in [-0.4, -0.2) is 29.9 Å². The molecule has 2 heterocycles. The highest BCUT2D eigenvalue weighted by molar-refractivity contribution is 6.02. The minimum Gasteiger partial charge on any atom is -0.497 e. The average Bonchev–Trinajstić information content (AvgIpc) is 3.29. The van der Waals surface area contributed by atoms with E-state index >= 15 is 0 Å². The van der Waals surface area contributed by atoms with Gasteiger partial charge in [0.05, 0.1) is 30.9 Å². The van der Waals surface area contributed by atoms with E-state index < -0.39 is 11.2 Å². The topological polar surface area (TPSA) is 86.4 Å². The Hall–Kier alpha value is -4.07. The summed E-state index contributed by atoms with van der Waals surface area (Å²) in [5.74, 6) is 2.03. The number of hydrogen-bond donors (Lipinski definition) is 0. The molecule has 8 nitrogen and oxygen atoms in total. The third kappa shape index (κ3) is 3.30. The Morgan fingerprint density at radius 1 is 1.06 bits per heavy atom. The second-order valence-corrected chi connectivity index (χ2v) is 7.58. The number of fused-ring (bicyclic) bond motifs is 3. The first-order valence-electron chi connectivity index (χ1n) is 10.2. The number of rotatable bonds is 5. The van der Waals surface area contributed by atoms with Gasteiger partial charge in [-0.3, -0.25) is 10.1 Å². The molecule has 0 aromatic heterocycles. The largest absolute Gasteiger partial charge is 0.497 e. The van der Waals surface area contributed by atoms with Crippen LogP contribution in [0.2, 0.25) is 0 Å². The highest BCUT2D eigenvalue weighted by Gasteiger charge is 2.42. The number of hydrazone groups is 1. The van der Waals surface area contributed by atoms with Crippen LogP contribution in [0.15, 0.2) is 71.8 Å². The molecule has 162 valence electrons. The molecular weight excluding hydrogens is 410 g/mol. The van der Waals surface area contributed by atoms with E-state index in [1.807, 2.05) is 53.5 Å². The first kappa shape index (κ1) is 19.9. The predicted octanol–water partition coefficient (Wildman–Crippen LogP) is 4.85. The van der Waals surface area contributed by atoms with Crippen molar-refractivity contribution in [2.24, 2.45) is 5.10 Å². The van der Waals surface area contributed by atoms with Gasteiger partial charge in [0.15, 0.2) is 11.5 Å². The molecule has 2 aliphatic heterocycles. The summed E-state index contributed by atoms with van der Waals surface area (Å²) in [5.41, 5.74) is 3.53. The maximum absolute atomic E-state index is 11.3. The molecule has 8 heteroatoms. The first-order valence-corrected chi connectivity index (χ1v) is 10.2. The average molecular weight is 431 g/mol. The molecule has 0 N–H and O–H groups in total. The third-order valence-electron chi connectivity index (χ3n) is 5.79. The van der Waals surface area contributed by atoms with Crippen LogP contribution < -0.4 is 14.2 Å². The predicted molar refractivity (Wildman–Crippen MR) is 118 cm³/mol. The lowest BCUT2D eigenvalue weighted by atomic mass is 9.95. The van der Waals surface area contributed by atoms with E-state index in [0.717, 1.165) is 22.6 Å². The van der Waals surface area contributed by atoms with Crippen LogP contribution >= 0.6 is 0 Å². The molecule has 3 aromatic rings. The van der Waals surface area contributed by atoms with Crippen molar-refractivity contribution in [1.29, 1.82) is 0 Å². The third-order valence-corrected chi connectivity index (χ3v) is 5.79. The molecule has 0 amide bonds. The van der Waals surface area contributed by atoms with Crippen molar-refractivity contribution in [2.45, 2.75) is 18.7 Å². The van der Waals surface area contributed by atoms with Gasteiger partial charge >= 0.3 is 0 Å². The normalized spacial score (nSPS) is 18.8. The summed E-state index contributed by atoms with van der Waals surface area (Å²) >= 11 is 0. The maximum Gasteiger partial charge on any atom is 0.269 e. The number of nitro groups is 1. The summed E-state index contributed by atoms with van der Waals surface area (Å²) in [7, 11) is 3.23. The van der Waals surface area contributed by atoms with Crippen LogP contribution in [0.3, 0.4) is 0 Å². The van der Waals surface area contributed by atoms with Gasteiger partial charge < -0.3 is 14.2 Å². The van der Waals surface area contributed by atoms with Crippen molar-refractivity contribution in [3.05, 3.63) is 93.5 Å². The molecule has 32 heavy (non-hydrogen) atoms. The molecule has 0 radical (unpaired) electrons. The summed E-state index contributed by atoms with van der Waals surface area (Å²) in [6, 6.07) is 19.9. The summed E-state index contributed by atoms with van der Waals surface area (Å²) < 4.78 is 17.2. The van der Waals surface area contributed by atoms with E-state index in [-0.39, 0.29) is 11.7 Å². The highest BCUT2D eigenvalue weighted by Crippen LogP contribution is 2.50. The molecule has 0 saturated heterocycles. The van der Waals surface area contributed by atoms with Crippen LogP contribution in [0.25, 0.3) is 0 Å². The fourth-order valence-corrected chi connectivity index (χ4v) is 4.21. The van der Waals surface area contributed by atoms with Gasteiger partial charge in [0, 0.05) is 29.7 Å². The maximum atomic E-state index is 11.3. The SMILES string of the molecule is COc1ccc(C2=NN3C(C2)c2cccc(OC)c2OC3c2cccc([N+](=O)[O-])c2)cc1. The molecule has 2 unspecified atom stereocenters. The molecular formula is C24H21N3O5. The zero-order valence-corrected chi connectivity index (χ0v) is 17.6. The van der Waals surface area contributed by atoms with Crippen molar-refractivity contribution < 1.29 is 19.1 Å². The van der Waals surface area contributed by atoms with Gasteiger partial charge in [-0.2, -0.15) is 5.10 Å². The molecule has 0 saturated carbocycles. The number of benzene rings is 3. The van der Waals surface area contributed by atoms with Crippen molar-refractivity contribution >= 4 is 11.4 Å². The fraction of sp³-hybridized carbons (Fsp3) is 0.208. The fourth-order valence-electron chi connectivity index (χ4n) is 4.21. The van der Waals surface area contributed by atoms with Crippen LogP contribution in [0, 0.1) is 10.1 Å². The number of methoxy groups -OCH3 is 2. The van der Waals surface area contributed by atoms with Gasteiger partial charge in [0.25, 0.3) is 5.69 Å². The standard InChI is InChI=1S/C24H21N3O5/c1-30-18-11-9-15(10-12-18)20-14-21-19-7-4-8-22(31-2)23(19)32-24(26(21)25-20)16-5-3-6-17(13-16)27(28)29/h3-13,21,24H,14H2,1-2H3. The Morgan fingerprint density at radius 2 is 1.84 bits per heavy atom. The Labute approximate surface area is 184 Å². The molecule has 2 atom stereocenters. The Bertz CT molecular complexity index is 1210. The van der Waals surface area contributed by atoms with Crippen molar-refractivity contribution in [1.82, 2.24) is 5.01 Å². The quantitative estimate of drug-likeness (QED) is 0.424. The molecule has 0 aliphatic carbocycles. The van der Waals surface area contributed by atoms with E-state index in [9.17, 15) is 10.1 Å². The zero-order valence-electron chi connectivity index (χ0n) is 17.6. The number of ether oxygens (including phenoxy) is 3. The Balaban J connectivity index is 1.60. The number of non-ortho nitro benzene ring substituents is 1. The van der Waals surface area contributed by atoms with E-state index in [1.54, 1.807) is 20.3 Å². The van der Waals surface area contributed by atoms with Gasteiger partial charge in [-0.1, -0.05) is 24.3 Å². The minimum absolute atomic E-state index is 0.00651. The van der Waals surface area contributed by atoms with E-state index in [2.05, 4.69) is 0 Å². The monoisotopic (exact) mass is 431 g/mol. The second kappa shape index (κ2) is 7.88. The molecule has 5 rings (SSSR count). The summed E-state index contributed by atoms with van der Waals surface area (Å²) in [5, 5.41) is 18.1. The van der Waals surface area contributed by atoms with Crippen LogP contribution in [-0.2, 0) is 0 Å². The summed E-state index contributed by atoms with van der Waals surface area (Å²) in [6.07, 6.45) is 0.0424. The molecule has 0 spiro atoms. The van der Waals surface area contributed by atoms with E-state index in [0.29, 0.717) is 23.5 Å². The number of hydrogen-bond acceptors (Lipinski definition) is 7. The molecule has 3 aromatic carbocycles. The van der Waals surface area contributed by atoms with Crippen molar-refractivity contribution in [3.63, 3.8) is 0 Å². The highest BCUT2D eigenvalue weighted by atomic mass is 16.6. The molecule has 0 bridgehead atoms. The lowest BCUT2D eigenvalue weighted by Crippen LogP contribution is -2.33. The summed E-state index contributed by atoms with van der Waals surface area (Å²) in [6.45, 7) is 0. The lowest BCUT2D eigenvalue weighted by molar-refractivity contribution is -0.385. The van der Waals surface area contributed by atoms with Gasteiger partial charge in [-0.25, -0.2) is 5.01 Å². The van der Waals surface area contributed by atoms with Crippen LogP contribution in [0.4, 0.5) is 5.69 Å². The number of nitro benzene ring substituents is 1. The smallest absolute Gasteiger partial charge is 0.269 e. The summed E-state index contributed by atoms with van der Waals surface area (Å²) in [4.78, 5) is 10.9. The Morgan fingerprint density at radius 3 is 2.56 bits per heavy atom. The van der Waals surface area contributed by atoms with Crippen LogP contribution in [0.1, 0.15) is 35.4 Å². The van der Waals surface area contributed by atoms with Gasteiger partial charge in [-0.05, 0) is 35.9 Å². The number of nitrogens with zero attached hydrogens (tertiary/aromatic N) is 3. The second-order valence-electron chi connectivity index (χ2n) is 7.58. The molecule has 0 fully saturated rings. The minimum atomic E-state index is -0.626. The Kier molecular flexibility index (Phi) is 4.89. The molecule has 2 aliphatic rings. The van der Waals surface area contributed by atoms with E-state index in [1.165, 1.54) is 12.1 Å². The van der Waals surface area contributed by atoms with Crippen molar-refractivity contribution in [3.8, 4) is 17.2 Å².